The van der Waals surface area contributed by atoms with Crippen molar-refractivity contribution in [2.24, 2.45) is 0 Å². The Kier molecular flexibility index (Phi) is 4.95. The van der Waals surface area contributed by atoms with Gasteiger partial charge in [-0.3, -0.25) is 0 Å². The lowest BCUT2D eigenvalue weighted by Gasteiger charge is -2.13. The van der Waals surface area contributed by atoms with Gasteiger partial charge in [0.1, 0.15) is 5.82 Å². The summed E-state index contributed by atoms with van der Waals surface area (Å²) in [5, 5.41) is 1.95. The maximum Gasteiger partial charge on any atom is 0.240 e. The zero-order valence-corrected chi connectivity index (χ0v) is 13.9. The number of sulfonamides is 1. The van der Waals surface area contributed by atoms with E-state index in [1.54, 1.807) is 18.3 Å². The first-order valence-corrected chi connectivity index (χ1v) is 9.04. The number of benzene rings is 1. The molecule has 1 aromatic carbocycles. The maximum atomic E-state index is 13.4. The summed E-state index contributed by atoms with van der Waals surface area (Å²) in [7, 11) is -3.71. The molecule has 2 rings (SSSR count). The van der Waals surface area contributed by atoms with Crippen molar-refractivity contribution in [1.29, 1.82) is 0 Å². The second-order valence-electron chi connectivity index (χ2n) is 4.38. The summed E-state index contributed by atoms with van der Waals surface area (Å²) in [6.07, 6.45) is 0.607. The summed E-state index contributed by atoms with van der Waals surface area (Å²) in [6.45, 7) is 1.78. The van der Waals surface area contributed by atoms with E-state index in [9.17, 15) is 12.8 Å². The molecule has 1 N–H and O–H groups in total. The molecule has 0 fully saturated rings. The normalized spacial score (nSPS) is 13.3. The first kappa shape index (κ1) is 15.6. The van der Waals surface area contributed by atoms with E-state index in [-0.39, 0.29) is 15.4 Å². The lowest BCUT2D eigenvalue weighted by Crippen LogP contribution is -2.34. The predicted octanol–water partition coefficient (Wildman–Crippen LogP) is 3.56. The van der Waals surface area contributed by atoms with Crippen molar-refractivity contribution < 1.29 is 12.8 Å². The van der Waals surface area contributed by atoms with E-state index in [1.807, 2.05) is 17.5 Å². The molecule has 3 nitrogen and oxygen atoms in total. The average molecular weight is 378 g/mol. The van der Waals surface area contributed by atoms with Crippen LogP contribution in [-0.4, -0.2) is 14.5 Å². The molecule has 108 valence electrons. The van der Waals surface area contributed by atoms with Gasteiger partial charge in [0.15, 0.2) is 0 Å². The fraction of sp³-hybridized carbons (Fsp3) is 0.231. The molecule has 1 unspecified atom stereocenters. The third-order valence-electron chi connectivity index (χ3n) is 2.65. The fourth-order valence-electron chi connectivity index (χ4n) is 1.75. The number of thiophene rings is 1. The van der Waals surface area contributed by atoms with E-state index in [4.69, 9.17) is 0 Å². The van der Waals surface area contributed by atoms with Crippen LogP contribution in [0.1, 0.15) is 11.8 Å². The van der Waals surface area contributed by atoms with Gasteiger partial charge in [0.25, 0.3) is 0 Å². The van der Waals surface area contributed by atoms with Crippen molar-refractivity contribution in [2.75, 3.05) is 0 Å². The Hall–Kier alpha value is -0.760. The highest BCUT2D eigenvalue weighted by Gasteiger charge is 2.19. The number of halogens is 2. The summed E-state index contributed by atoms with van der Waals surface area (Å²) in [5.74, 6) is -0.598. The molecular formula is C13H13BrFNO2S2. The minimum atomic E-state index is -3.71. The predicted molar refractivity (Wildman–Crippen MR) is 81.9 cm³/mol. The molecule has 0 radical (unpaired) electrons. The lowest BCUT2D eigenvalue weighted by molar-refractivity contribution is 0.557. The Morgan fingerprint density at radius 2 is 2.15 bits per heavy atom. The molecule has 20 heavy (non-hydrogen) atoms. The topological polar surface area (TPSA) is 46.2 Å². The number of rotatable bonds is 5. The van der Waals surface area contributed by atoms with Gasteiger partial charge >= 0.3 is 0 Å². The Bertz CT molecular complexity index is 686. The summed E-state index contributed by atoms with van der Waals surface area (Å²) in [4.78, 5) is 1.03. The van der Waals surface area contributed by atoms with Crippen LogP contribution in [-0.2, 0) is 16.4 Å². The third-order valence-corrected chi connectivity index (χ3v) is 5.77. The van der Waals surface area contributed by atoms with Crippen molar-refractivity contribution in [3.05, 3.63) is 50.9 Å². The zero-order valence-electron chi connectivity index (χ0n) is 10.6. The van der Waals surface area contributed by atoms with Gasteiger partial charge in [0.2, 0.25) is 10.0 Å². The van der Waals surface area contributed by atoms with Crippen LogP contribution in [0, 0.1) is 5.82 Å². The van der Waals surface area contributed by atoms with Crippen molar-refractivity contribution in [3.63, 3.8) is 0 Å². The Morgan fingerprint density at radius 1 is 1.40 bits per heavy atom. The van der Waals surface area contributed by atoms with Crippen molar-refractivity contribution >= 4 is 37.3 Å². The highest BCUT2D eigenvalue weighted by atomic mass is 79.9. The number of nitrogens with one attached hydrogen (secondary N) is 1. The zero-order chi connectivity index (χ0) is 14.8. The van der Waals surface area contributed by atoms with Crippen molar-refractivity contribution in [1.82, 2.24) is 4.72 Å². The van der Waals surface area contributed by atoms with Gasteiger partial charge in [0, 0.05) is 10.9 Å². The van der Waals surface area contributed by atoms with Crippen molar-refractivity contribution in [2.45, 2.75) is 24.3 Å². The van der Waals surface area contributed by atoms with E-state index in [0.29, 0.717) is 6.42 Å². The molecule has 0 aliphatic rings. The first-order chi connectivity index (χ1) is 9.38. The van der Waals surface area contributed by atoms with Crippen LogP contribution in [0.3, 0.4) is 0 Å². The SMILES string of the molecule is CC(Cc1cccs1)NS(=O)(=O)c1ccc(Br)c(F)c1. The Morgan fingerprint density at radius 3 is 2.75 bits per heavy atom. The summed E-state index contributed by atoms with van der Waals surface area (Å²) >= 11 is 4.57. The molecule has 1 atom stereocenters. The fourth-order valence-corrected chi connectivity index (χ4v) is 4.09. The molecule has 7 heteroatoms. The quantitative estimate of drug-likeness (QED) is 0.865. The van der Waals surface area contributed by atoms with Gasteiger partial charge in [-0.15, -0.1) is 11.3 Å². The lowest BCUT2D eigenvalue weighted by atomic mass is 10.2. The molecule has 0 spiro atoms. The highest BCUT2D eigenvalue weighted by Crippen LogP contribution is 2.20. The molecule has 0 saturated heterocycles. The van der Waals surface area contributed by atoms with Crippen LogP contribution in [0.4, 0.5) is 4.39 Å². The maximum absolute atomic E-state index is 13.4. The van der Waals surface area contributed by atoms with Crippen LogP contribution < -0.4 is 4.72 Å². The molecular weight excluding hydrogens is 365 g/mol. The second kappa shape index (κ2) is 6.34. The van der Waals surface area contributed by atoms with Crippen LogP contribution in [0.5, 0.6) is 0 Å². The summed E-state index contributed by atoms with van der Waals surface area (Å²) < 4.78 is 40.5. The van der Waals surface area contributed by atoms with Gasteiger partial charge in [0.05, 0.1) is 9.37 Å². The van der Waals surface area contributed by atoms with E-state index in [2.05, 4.69) is 20.7 Å². The van der Waals surface area contributed by atoms with Gasteiger partial charge in [-0.1, -0.05) is 6.07 Å². The average Bonchev–Trinajstić information content (AvgIpc) is 2.84. The van der Waals surface area contributed by atoms with Crippen LogP contribution in [0.25, 0.3) is 0 Å². The van der Waals surface area contributed by atoms with E-state index in [1.165, 1.54) is 12.1 Å². The van der Waals surface area contributed by atoms with E-state index in [0.717, 1.165) is 10.9 Å². The minimum Gasteiger partial charge on any atom is -0.208 e. The molecule has 0 bridgehead atoms. The number of hydrogen-bond donors (Lipinski definition) is 1. The Labute approximate surface area is 130 Å². The van der Waals surface area contributed by atoms with Crippen LogP contribution >= 0.6 is 27.3 Å². The van der Waals surface area contributed by atoms with Gasteiger partial charge < -0.3 is 0 Å². The van der Waals surface area contributed by atoms with Gasteiger partial charge in [-0.2, -0.15) is 0 Å². The molecule has 0 amide bonds. The smallest absolute Gasteiger partial charge is 0.208 e. The Balaban J connectivity index is 2.12. The summed E-state index contributed by atoms with van der Waals surface area (Å²) in [6, 6.07) is 7.37. The van der Waals surface area contributed by atoms with Gasteiger partial charge in [-0.05, 0) is 58.9 Å². The molecule has 0 aliphatic heterocycles. The van der Waals surface area contributed by atoms with Crippen LogP contribution in [0.15, 0.2) is 45.1 Å². The van der Waals surface area contributed by atoms with Crippen LogP contribution in [0.2, 0.25) is 0 Å². The van der Waals surface area contributed by atoms with Gasteiger partial charge in [-0.25, -0.2) is 17.5 Å². The summed E-state index contributed by atoms with van der Waals surface area (Å²) in [5.41, 5.74) is 0. The highest BCUT2D eigenvalue weighted by molar-refractivity contribution is 9.10. The molecule has 2 aromatic rings. The van der Waals surface area contributed by atoms with Crippen molar-refractivity contribution in [3.8, 4) is 0 Å². The number of hydrogen-bond acceptors (Lipinski definition) is 3. The largest absolute Gasteiger partial charge is 0.240 e. The van der Waals surface area contributed by atoms with E-state index >= 15 is 0 Å². The second-order valence-corrected chi connectivity index (χ2v) is 7.98. The monoisotopic (exact) mass is 377 g/mol. The molecule has 1 heterocycles. The molecule has 1 aromatic heterocycles. The molecule has 0 saturated carbocycles. The van der Waals surface area contributed by atoms with E-state index < -0.39 is 15.8 Å². The first-order valence-electron chi connectivity index (χ1n) is 5.88. The minimum absolute atomic E-state index is 0.0729. The third kappa shape index (κ3) is 3.88. The standard InChI is InChI=1S/C13H13BrFNO2S2/c1-9(7-10-3-2-6-19-10)16-20(17,18)11-4-5-12(14)13(15)8-11/h2-6,8-9,16H,7H2,1H3. The molecule has 0 aliphatic carbocycles.